The zero-order chi connectivity index (χ0) is 13.1. The predicted octanol–water partition coefficient (Wildman–Crippen LogP) is 3.97. The second kappa shape index (κ2) is 5.79. The van der Waals surface area contributed by atoms with Crippen LogP contribution in [0.1, 0.15) is 6.92 Å². The van der Waals surface area contributed by atoms with Crippen LogP contribution in [0.2, 0.25) is 5.02 Å². The molecule has 1 aromatic heterocycles. The predicted molar refractivity (Wildman–Crippen MR) is 79.3 cm³/mol. The van der Waals surface area contributed by atoms with Crippen molar-refractivity contribution in [3.05, 3.63) is 38.8 Å². The molecule has 0 unspecified atom stereocenters. The van der Waals surface area contributed by atoms with Gasteiger partial charge >= 0.3 is 0 Å². The van der Waals surface area contributed by atoms with Gasteiger partial charge in [-0.05, 0) is 47.7 Å². The maximum absolute atomic E-state index is 13.4. The monoisotopic (exact) mass is 377 g/mol. The fourth-order valence-electron chi connectivity index (χ4n) is 1.43. The molecule has 0 aliphatic heterocycles. The molecule has 6 heteroatoms. The van der Waals surface area contributed by atoms with Crippen molar-refractivity contribution in [2.75, 3.05) is 11.9 Å². The molecule has 0 aliphatic carbocycles. The van der Waals surface area contributed by atoms with Gasteiger partial charge in [0.15, 0.2) is 5.82 Å². The third-order valence-electron chi connectivity index (χ3n) is 2.27. The molecule has 0 amide bonds. The van der Waals surface area contributed by atoms with E-state index >= 15 is 0 Å². The molecule has 0 atom stereocenters. The first-order chi connectivity index (χ1) is 8.61. The molecule has 1 aromatic carbocycles. The normalized spacial score (nSPS) is 10.4. The standard InChI is InChI=1S/C12H10ClFIN3/c1-2-16-12-10(15)6-17-11(18-12)7-3-4-8(13)9(14)5-7/h3-6H,2H2,1H3,(H,16,17,18). The summed E-state index contributed by atoms with van der Waals surface area (Å²) in [5.74, 6) is 0.752. The van der Waals surface area contributed by atoms with Gasteiger partial charge < -0.3 is 5.32 Å². The van der Waals surface area contributed by atoms with Crippen LogP contribution in [0.4, 0.5) is 10.2 Å². The van der Waals surface area contributed by atoms with Crippen LogP contribution in [-0.4, -0.2) is 16.5 Å². The number of anilines is 1. The van der Waals surface area contributed by atoms with Gasteiger partial charge in [0.2, 0.25) is 0 Å². The smallest absolute Gasteiger partial charge is 0.161 e. The first-order valence-corrected chi connectivity index (χ1v) is 6.79. The fraction of sp³-hybridized carbons (Fsp3) is 0.167. The van der Waals surface area contributed by atoms with E-state index in [4.69, 9.17) is 11.6 Å². The van der Waals surface area contributed by atoms with Crippen molar-refractivity contribution < 1.29 is 4.39 Å². The summed E-state index contributed by atoms with van der Waals surface area (Å²) in [5.41, 5.74) is 0.604. The van der Waals surface area contributed by atoms with Gasteiger partial charge in [-0.2, -0.15) is 0 Å². The van der Waals surface area contributed by atoms with Crippen LogP contribution in [0.25, 0.3) is 11.4 Å². The maximum atomic E-state index is 13.4. The molecule has 0 spiro atoms. The van der Waals surface area contributed by atoms with Gasteiger partial charge in [0.1, 0.15) is 11.6 Å². The minimum Gasteiger partial charge on any atom is -0.369 e. The van der Waals surface area contributed by atoms with Crippen LogP contribution < -0.4 is 5.32 Å². The SMILES string of the molecule is CCNc1nc(-c2ccc(Cl)c(F)c2)ncc1I. The summed E-state index contributed by atoms with van der Waals surface area (Å²) < 4.78 is 14.3. The first-order valence-electron chi connectivity index (χ1n) is 5.33. The number of rotatable bonds is 3. The summed E-state index contributed by atoms with van der Waals surface area (Å²) in [4.78, 5) is 8.56. The molecule has 3 nitrogen and oxygen atoms in total. The lowest BCUT2D eigenvalue weighted by atomic mass is 10.2. The van der Waals surface area contributed by atoms with E-state index in [0.29, 0.717) is 11.4 Å². The van der Waals surface area contributed by atoms with E-state index in [9.17, 15) is 4.39 Å². The number of nitrogens with zero attached hydrogens (tertiary/aromatic N) is 2. The largest absolute Gasteiger partial charge is 0.369 e. The van der Waals surface area contributed by atoms with Crippen LogP contribution in [0.3, 0.4) is 0 Å². The molecule has 0 aliphatic rings. The molecule has 0 fully saturated rings. The summed E-state index contributed by atoms with van der Waals surface area (Å²) in [6, 6.07) is 4.53. The molecule has 1 heterocycles. The van der Waals surface area contributed by atoms with Crippen molar-refractivity contribution >= 4 is 40.0 Å². The van der Waals surface area contributed by atoms with Crippen LogP contribution >= 0.6 is 34.2 Å². The van der Waals surface area contributed by atoms with Crippen LogP contribution in [-0.2, 0) is 0 Å². The molecule has 1 N–H and O–H groups in total. The third-order valence-corrected chi connectivity index (χ3v) is 3.36. The molecule has 0 saturated heterocycles. The van der Waals surface area contributed by atoms with Crippen molar-refractivity contribution in [2.45, 2.75) is 6.92 Å². The van der Waals surface area contributed by atoms with Gasteiger partial charge in [-0.25, -0.2) is 14.4 Å². The minimum atomic E-state index is -0.471. The average molecular weight is 378 g/mol. The number of aromatic nitrogens is 2. The van der Waals surface area contributed by atoms with E-state index < -0.39 is 5.82 Å². The molecule has 2 aromatic rings. The molecular formula is C12H10ClFIN3. The van der Waals surface area contributed by atoms with Crippen molar-refractivity contribution in [1.82, 2.24) is 9.97 Å². The molecule has 18 heavy (non-hydrogen) atoms. The zero-order valence-corrected chi connectivity index (χ0v) is 12.5. The summed E-state index contributed by atoms with van der Waals surface area (Å²) in [7, 11) is 0. The fourth-order valence-corrected chi connectivity index (χ4v) is 2.00. The van der Waals surface area contributed by atoms with Gasteiger partial charge in [0.05, 0.1) is 8.59 Å². The van der Waals surface area contributed by atoms with E-state index in [1.807, 2.05) is 6.92 Å². The Hall–Kier alpha value is -0.950. The van der Waals surface area contributed by atoms with E-state index in [1.165, 1.54) is 12.1 Å². The van der Waals surface area contributed by atoms with E-state index in [-0.39, 0.29) is 5.02 Å². The van der Waals surface area contributed by atoms with Crippen LogP contribution in [0, 0.1) is 9.39 Å². The highest BCUT2D eigenvalue weighted by Crippen LogP contribution is 2.24. The van der Waals surface area contributed by atoms with Gasteiger partial charge in [0, 0.05) is 18.3 Å². The summed E-state index contributed by atoms with van der Waals surface area (Å²) in [5, 5.41) is 3.23. The Balaban J connectivity index is 2.44. The number of halogens is 3. The van der Waals surface area contributed by atoms with Gasteiger partial charge in [-0.15, -0.1) is 0 Å². The molecular weight excluding hydrogens is 368 g/mol. The Labute approximate surface area is 123 Å². The van der Waals surface area contributed by atoms with Crippen molar-refractivity contribution in [3.8, 4) is 11.4 Å². The van der Waals surface area contributed by atoms with Crippen molar-refractivity contribution in [3.63, 3.8) is 0 Å². The summed E-state index contributed by atoms with van der Waals surface area (Å²) in [6.45, 7) is 2.75. The van der Waals surface area contributed by atoms with Gasteiger partial charge in [-0.3, -0.25) is 0 Å². The quantitative estimate of drug-likeness (QED) is 0.823. The number of hydrogen-bond acceptors (Lipinski definition) is 3. The highest BCUT2D eigenvalue weighted by Gasteiger charge is 2.08. The number of nitrogens with one attached hydrogen (secondary N) is 1. The summed E-state index contributed by atoms with van der Waals surface area (Å²) >= 11 is 7.79. The molecule has 0 radical (unpaired) electrons. The van der Waals surface area contributed by atoms with E-state index in [1.54, 1.807) is 12.3 Å². The molecule has 0 saturated carbocycles. The molecule has 2 rings (SSSR count). The zero-order valence-electron chi connectivity index (χ0n) is 9.54. The third kappa shape index (κ3) is 2.89. The Bertz CT molecular complexity index is 577. The number of hydrogen-bond donors (Lipinski definition) is 1. The Morgan fingerprint density at radius 3 is 2.89 bits per heavy atom. The molecule has 0 bridgehead atoms. The number of benzene rings is 1. The van der Waals surface area contributed by atoms with Gasteiger partial charge in [-0.1, -0.05) is 11.6 Å². The Kier molecular flexibility index (Phi) is 4.34. The second-order valence-electron chi connectivity index (χ2n) is 3.55. The Morgan fingerprint density at radius 2 is 2.22 bits per heavy atom. The topological polar surface area (TPSA) is 37.8 Å². The summed E-state index contributed by atoms with van der Waals surface area (Å²) in [6.07, 6.45) is 1.70. The lowest BCUT2D eigenvalue weighted by Crippen LogP contribution is -2.03. The Morgan fingerprint density at radius 1 is 1.44 bits per heavy atom. The lowest BCUT2D eigenvalue weighted by molar-refractivity contribution is 0.628. The first kappa shape index (κ1) is 13.5. The van der Waals surface area contributed by atoms with Crippen molar-refractivity contribution in [1.29, 1.82) is 0 Å². The highest BCUT2D eigenvalue weighted by molar-refractivity contribution is 14.1. The maximum Gasteiger partial charge on any atom is 0.161 e. The van der Waals surface area contributed by atoms with E-state index in [0.717, 1.165) is 15.9 Å². The molecule has 94 valence electrons. The van der Waals surface area contributed by atoms with Crippen LogP contribution in [0.15, 0.2) is 24.4 Å². The van der Waals surface area contributed by atoms with Gasteiger partial charge in [0.25, 0.3) is 0 Å². The lowest BCUT2D eigenvalue weighted by Gasteiger charge is -2.07. The minimum absolute atomic E-state index is 0.0937. The highest BCUT2D eigenvalue weighted by atomic mass is 127. The van der Waals surface area contributed by atoms with Crippen molar-refractivity contribution in [2.24, 2.45) is 0 Å². The average Bonchev–Trinajstić information content (AvgIpc) is 2.36. The van der Waals surface area contributed by atoms with Crippen LogP contribution in [0.5, 0.6) is 0 Å². The van der Waals surface area contributed by atoms with E-state index in [2.05, 4.69) is 37.9 Å². The second-order valence-corrected chi connectivity index (χ2v) is 5.12.